The van der Waals surface area contributed by atoms with Gasteiger partial charge in [-0.25, -0.2) is 0 Å². The fourth-order valence-corrected chi connectivity index (χ4v) is 2.09. The van der Waals surface area contributed by atoms with Crippen LogP contribution in [0.5, 0.6) is 5.75 Å². The lowest BCUT2D eigenvalue weighted by Crippen LogP contribution is -2.00. The van der Waals surface area contributed by atoms with Gasteiger partial charge in [0.2, 0.25) is 0 Å². The molecule has 1 aliphatic rings. The fraction of sp³-hybridized carbons (Fsp3) is 0.500. The second kappa shape index (κ2) is 3.62. The molecule has 1 aromatic carbocycles. The van der Waals surface area contributed by atoms with Gasteiger partial charge in [-0.15, -0.1) is 0 Å². The third kappa shape index (κ3) is 1.62. The van der Waals surface area contributed by atoms with Crippen LogP contribution in [0.2, 0.25) is 0 Å². The third-order valence-corrected chi connectivity index (χ3v) is 2.71. The minimum absolute atomic E-state index is 0.354. The average Bonchev–Trinajstić information content (AvgIpc) is 2.27. The molecule has 0 spiro atoms. The predicted molar refractivity (Wildman–Crippen MR) is 55.6 cm³/mol. The van der Waals surface area contributed by atoms with E-state index in [9.17, 15) is 5.11 Å². The molecule has 0 fully saturated rings. The molecule has 14 heavy (non-hydrogen) atoms. The zero-order valence-electron chi connectivity index (χ0n) is 8.71. The predicted octanol–water partition coefficient (Wildman–Crippen LogP) is 2.51. The quantitative estimate of drug-likeness (QED) is 0.684. The number of ether oxygens (including phenoxy) is 1. The Morgan fingerprint density at radius 2 is 2.14 bits per heavy atom. The van der Waals surface area contributed by atoms with Crippen LogP contribution in [-0.4, -0.2) is 11.7 Å². The second-order valence-corrected chi connectivity index (χ2v) is 4.00. The van der Waals surface area contributed by atoms with E-state index < -0.39 is 0 Å². The summed E-state index contributed by atoms with van der Waals surface area (Å²) in [6, 6.07) is 4.10. The highest BCUT2D eigenvalue weighted by Crippen LogP contribution is 2.34. The largest absolute Gasteiger partial charge is 0.493 e. The summed E-state index contributed by atoms with van der Waals surface area (Å²) in [5, 5.41) is 9.93. The van der Waals surface area contributed by atoms with Crippen LogP contribution < -0.4 is 4.74 Å². The smallest absolute Gasteiger partial charge is 0.125 e. The first-order chi connectivity index (χ1) is 6.68. The molecule has 0 aromatic heterocycles. The van der Waals surface area contributed by atoms with Gasteiger partial charge in [-0.1, -0.05) is 6.07 Å². The molecule has 1 N–H and O–H groups in total. The molecule has 2 nitrogen and oxygen atoms in total. The first kappa shape index (κ1) is 9.53. The van der Waals surface area contributed by atoms with E-state index in [4.69, 9.17) is 4.74 Å². The van der Waals surface area contributed by atoms with Crippen molar-refractivity contribution in [1.82, 2.24) is 0 Å². The molecule has 0 radical (unpaired) electrons. The number of aliphatic hydroxyl groups is 1. The van der Waals surface area contributed by atoms with Crippen molar-refractivity contribution in [2.45, 2.75) is 32.8 Å². The zero-order chi connectivity index (χ0) is 10.1. The van der Waals surface area contributed by atoms with Crippen LogP contribution in [0, 0.1) is 13.8 Å². The van der Waals surface area contributed by atoms with Crippen LogP contribution in [-0.2, 0) is 0 Å². The minimum atomic E-state index is -0.354. The summed E-state index contributed by atoms with van der Waals surface area (Å²) >= 11 is 0. The first-order valence-corrected chi connectivity index (χ1v) is 5.10. The van der Waals surface area contributed by atoms with Gasteiger partial charge in [-0.2, -0.15) is 0 Å². The highest BCUT2D eigenvalue weighted by atomic mass is 16.5. The van der Waals surface area contributed by atoms with Crippen LogP contribution in [0.1, 0.15) is 35.6 Å². The van der Waals surface area contributed by atoms with Crippen molar-refractivity contribution in [2.24, 2.45) is 0 Å². The van der Waals surface area contributed by atoms with Crippen LogP contribution >= 0.6 is 0 Å². The monoisotopic (exact) mass is 192 g/mol. The number of aryl methyl sites for hydroxylation is 2. The lowest BCUT2D eigenvalue weighted by molar-refractivity contribution is 0.167. The van der Waals surface area contributed by atoms with Crippen LogP contribution in [0.15, 0.2) is 12.1 Å². The van der Waals surface area contributed by atoms with Gasteiger partial charge < -0.3 is 9.84 Å². The highest BCUT2D eigenvalue weighted by Gasteiger charge is 2.19. The van der Waals surface area contributed by atoms with Crippen LogP contribution in [0.4, 0.5) is 0 Å². The fourth-order valence-electron chi connectivity index (χ4n) is 2.09. The van der Waals surface area contributed by atoms with Crippen molar-refractivity contribution in [3.8, 4) is 5.75 Å². The highest BCUT2D eigenvalue weighted by molar-refractivity contribution is 5.44. The molecule has 1 aliphatic heterocycles. The molecule has 76 valence electrons. The molecule has 1 heterocycles. The molecule has 0 saturated heterocycles. The summed E-state index contributed by atoms with van der Waals surface area (Å²) < 4.78 is 5.62. The maximum absolute atomic E-state index is 9.93. The Balaban J connectivity index is 2.53. The maximum Gasteiger partial charge on any atom is 0.125 e. The van der Waals surface area contributed by atoms with Gasteiger partial charge in [0.15, 0.2) is 0 Å². The van der Waals surface area contributed by atoms with Gasteiger partial charge in [0.25, 0.3) is 0 Å². The van der Waals surface area contributed by atoms with Crippen molar-refractivity contribution < 1.29 is 9.84 Å². The molecule has 0 bridgehead atoms. The Labute approximate surface area is 84.5 Å². The Morgan fingerprint density at radius 1 is 1.36 bits per heavy atom. The van der Waals surface area contributed by atoms with Crippen molar-refractivity contribution in [3.63, 3.8) is 0 Å². The molecule has 2 rings (SSSR count). The van der Waals surface area contributed by atoms with Gasteiger partial charge in [-0.3, -0.25) is 0 Å². The first-order valence-electron chi connectivity index (χ1n) is 5.10. The van der Waals surface area contributed by atoms with Crippen molar-refractivity contribution in [1.29, 1.82) is 0 Å². The van der Waals surface area contributed by atoms with Crippen LogP contribution in [0.25, 0.3) is 0 Å². The number of benzene rings is 1. The normalized spacial score (nSPS) is 20.9. The van der Waals surface area contributed by atoms with Gasteiger partial charge in [0.1, 0.15) is 5.75 Å². The number of rotatable bonds is 0. The van der Waals surface area contributed by atoms with Gasteiger partial charge in [-0.05, 0) is 43.9 Å². The van der Waals surface area contributed by atoms with E-state index >= 15 is 0 Å². The van der Waals surface area contributed by atoms with E-state index in [0.717, 1.165) is 29.7 Å². The van der Waals surface area contributed by atoms with E-state index in [2.05, 4.69) is 6.07 Å². The molecular weight excluding hydrogens is 176 g/mol. The average molecular weight is 192 g/mol. The Kier molecular flexibility index (Phi) is 2.46. The van der Waals surface area contributed by atoms with Gasteiger partial charge in [0, 0.05) is 5.56 Å². The van der Waals surface area contributed by atoms with Crippen molar-refractivity contribution >= 4 is 0 Å². The van der Waals surface area contributed by atoms with E-state index in [0.29, 0.717) is 6.61 Å². The summed E-state index contributed by atoms with van der Waals surface area (Å²) in [5.74, 6) is 0.868. The van der Waals surface area contributed by atoms with Gasteiger partial charge >= 0.3 is 0 Å². The lowest BCUT2D eigenvalue weighted by atomic mass is 9.98. The van der Waals surface area contributed by atoms with E-state index in [1.807, 2.05) is 19.9 Å². The standard InChI is InChI=1S/C12H16O2/c1-8-6-9(2)12-10(13)4-3-5-14-11(12)7-8/h6-7,10,13H,3-5H2,1-2H3. The number of hydrogen-bond acceptors (Lipinski definition) is 2. The summed E-state index contributed by atoms with van der Waals surface area (Å²) in [6.45, 7) is 4.80. The van der Waals surface area contributed by atoms with E-state index in [1.165, 1.54) is 5.56 Å². The van der Waals surface area contributed by atoms with Gasteiger partial charge in [0.05, 0.1) is 12.7 Å². The summed E-state index contributed by atoms with van der Waals surface area (Å²) in [6.07, 6.45) is 1.37. The Bertz CT molecular complexity index is 344. The molecule has 1 unspecified atom stereocenters. The summed E-state index contributed by atoms with van der Waals surface area (Å²) in [4.78, 5) is 0. The lowest BCUT2D eigenvalue weighted by Gasteiger charge is -2.14. The minimum Gasteiger partial charge on any atom is -0.493 e. The molecule has 1 atom stereocenters. The van der Waals surface area contributed by atoms with Crippen LogP contribution in [0.3, 0.4) is 0 Å². The van der Waals surface area contributed by atoms with Crippen molar-refractivity contribution in [2.75, 3.05) is 6.61 Å². The topological polar surface area (TPSA) is 29.5 Å². The molecule has 0 amide bonds. The van der Waals surface area contributed by atoms with Crippen molar-refractivity contribution in [3.05, 3.63) is 28.8 Å². The Morgan fingerprint density at radius 3 is 2.93 bits per heavy atom. The van der Waals surface area contributed by atoms with E-state index in [-0.39, 0.29) is 6.10 Å². The Hall–Kier alpha value is -1.02. The maximum atomic E-state index is 9.93. The number of fused-ring (bicyclic) bond motifs is 1. The number of aliphatic hydroxyl groups excluding tert-OH is 1. The molecule has 1 aromatic rings. The summed E-state index contributed by atoms with van der Waals surface area (Å²) in [5.41, 5.74) is 3.30. The molecule has 0 saturated carbocycles. The third-order valence-electron chi connectivity index (χ3n) is 2.71. The second-order valence-electron chi connectivity index (χ2n) is 4.00. The summed E-state index contributed by atoms with van der Waals surface area (Å²) in [7, 11) is 0. The number of hydrogen-bond donors (Lipinski definition) is 1. The molecular formula is C12H16O2. The molecule has 0 aliphatic carbocycles. The molecule has 2 heteroatoms. The van der Waals surface area contributed by atoms with E-state index in [1.54, 1.807) is 0 Å². The SMILES string of the molecule is Cc1cc(C)c2c(c1)OCCCC2O. The zero-order valence-corrected chi connectivity index (χ0v) is 8.71.